The summed E-state index contributed by atoms with van der Waals surface area (Å²) in [6, 6.07) is 10.2. The zero-order valence-electron chi connectivity index (χ0n) is 29.0. The maximum absolute atomic E-state index is 12.8. The SMILES string of the molecule is COC(=O)/C=C/c1ccc(C2(OC)OOC23C2CC4CC(C2)CC3C4)c(Cl)c1OCc1ccc(C2=C(C(=O)O)N3C(=O)C[C@](C)(O)[C@H]3[C@H]2C)cc1. The molecule has 2 aromatic carbocycles. The molecule has 4 bridgehead atoms. The van der Waals surface area contributed by atoms with Crippen molar-refractivity contribution in [3.05, 3.63) is 75.4 Å². The van der Waals surface area contributed by atoms with E-state index in [4.69, 9.17) is 35.6 Å². The fourth-order valence-electron chi connectivity index (χ4n) is 10.7. The van der Waals surface area contributed by atoms with E-state index in [1.54, 1.807) is 32.2 Å². The quantitative estimate of drug-likeness (QED) is 0.184. The molecule has 1 amide bonds. The number of rotatable bonds is 9. The zero-order chi connectivity index (χ0) is 36.0. The maximum atomic E-state index is 12.8. The fourth-order valence-corrected chi connectivity index (χ4v) is 11.0. The van der Waals surface area contributed by atoms with Crippen molar-refractivity contribution < 1.29 is 48.6 Å². The summed E-state index contributed by atoms with van der Waals surface area (Å²) in [5, 5.41) is 21.4. The van der Waals surface area contributed by atoms with Crippen LogP contribution >= 0.6 is 11.6 Å². The third kappa shape index (κ3) is 4.95. The molecule has 4 saturated carbocycles. The molecule has 6 fully saturated rings. The van der Waals surface area contributed by atoms with Crippen molar-refractivity contribution in [2.45, 2.75) is 82.0 Å². The van der Waals surface area contributed by atoms with Gasteiger partial charge in [0, 0.05) is 30.2 Å². The van der Waals surface area contributed by atoms with Crippen molar-refractivity contribution in [2.75, 3.05) is 14.2 Å². The van der Waals surface area contributed by atoms with Gasteiger partial charge in [-0.3, -0.25) is 9.69 Å². The highest BCUT2D eigenvalue weighted by Gasteiger charge is 2.77. The lowest BCUT2D eigenvalue weighted by atomic mass is 9.47. The summed E-state index contributed by atoms with van der Waals surface area (Å²) in [4.78, 5) is 50.7. The molecule has 1 spiro atoms. The van der Waals surface area contributed by atoms with E-state index in [0.717, 1.165) is 31.2 Å². The van der Waals surface area contributed by atoms with Gasteiger partial charge in [-0.25, -0.2) is 14.5 Å². The molecule has 270 valence electrons. The molecule has 4 aliphatic carbocycles. The zero-order valence-corrected chi connectivity index (χ0v) is 29.8. The lowest BCUT2D eigenvalue weighted by molar-refractivity contribution is -0.645. The van der Waals surface area contributed by atoms with Crippen molar-refractivity contribution >= 4 is 41.1 Å². The Bertz CT molecular complexity index is 1840. The van der Waals surface area contributed by atoms with E-state index in [2.05, 4.69) is 0 Å². The van der Waals surface area contributed by atoms with Crippen molar-refractivity contribution in [1.29, 1.82) is 0 Å². The van der Waals surface area contributed by atoms with Crippen LogP contribution in [0.1, 0.15) is 74.6 Å². The number of carboxylic acids is 1. The number of aliphatic hydroxyl groups is 1. The Morgan fingerprint density at radius 3 is 2.25 bits per heavy atom. The van der Waals surface area contributed by atoms with E-state index in [1.165, 1.54) is 24.5 Å². The molecule has 4 atom stereocenters. The number of hydrogen-bond donors (Lipinski definition) is 2. The molecular formula is C39H42ClNO10. The number of carbonyl (C=O) groups is 3. The van der Waals surface area contributed by atoms with Crippen molar-refractivity contribution in [2.24, 2.45) is 29.6 Å². The Morgan fingerprint density at radius 1 is 1.02 bits per heavy atom. The summed E-state index contributed by atoms with van der Waals surface area (Å²) in [5.41, 5.74) is 0.912. The number of amides is 1. The highest BCUT2D eigenvalue weighted by molar-refractivity contribution is 6.33. The minimum absolute atomic E-state index is 0.0853. The molecular weight excluding hydrogens is 678 g/mol. The Labute approximate surface area is 301 Å². The molecule has 7 aliphatic rings. The number of carbonyl (C=O) groups excluding carboxylic acids is 2. The largest absolute Gasteiger partial charge is 0.487 e. The normalized spacial score (nSPS) is 36.3. The monoisotopic (exact) mass is 719 g/mol. The minimum Gasteiger partial charge on any atom is -0.487 e. The number of esters is 1. The van der Waals surface area contributed by atoms with Gasteiger partial charge < -0.3 is 24.4 Å². The molecule has 3 heterocycles. The second-order valence-corrected chi connectivity index (χ2v) is 15.7. The van der Waals surface area contributed by atoms with Crippen molar-refractivity contribution in [3.63, 3.8) is 0 Å². The van der Waals surface area contributed by atoms with E-state index < -0.39 is 46.8 Å². The molecule has 12 heteroatoms. The van der Waals surface area contributed by atoms with Crippen LogP contribution in [0.15, 0.2) is 48.2 Å². The average Bonchev–Trinajstić information content (AvgIpc) is 3.53. The van der Waals surface area contributed by atoms with Crippen LogP contribution in [0.5, 0.6) is 5.75 Å². The van der Waals surface area contributed by atoms with Gasteiger partial charge >= 0.3 is 11.9 Å². The molecule has 0 aromatic heterocycles. The number of benzene rings is 2. The number of methoxy groups -OCH3 is 2. The third-order valence-corrected chi connectivity index (χ3v) is 12.9. The first kappa shape index (κ1) is 34.4. The van der Waals surface area contributed by atoms with Gasteiger partial charge in [-0.1, -0.05) is 54.9 Å². The van der Waals surface area contributed by atoms with E-state index >= 15 is 0 Å². The van der Waals surface area contributed by atoms with E-state index in [1.807, 2.05) is 31.2 Å². The van der Waals surface area contributed by atoms with Gasteiger partial charge in [0.25, 0.3) is 5.79 Å². The molecule has 11 nitrogen and oxygen atoms in total. The second-order valence-electron chi connectivity index (χ2n) is 15.4. The first-order valence-corrected chi connectivity index (χ1v) is 18.0. The van der Waals surface area contributed by atoms with Gasteiger partial charge in [-0.15, -0.1) is 0 Å². The average molecular weight is 720 g/mol. The predicted octanol–water partition coefficient (Wildman–Crippen LogP) is 5.86. The summed E-state index contributed by atoms with van der Waals surface area (Å²) in [7, 11) is 2.92. The van der Waals surface area contributed by atoms with Gasteiger partial charge in [-0.05, 0) is 85.5 Å². The lowest BCUT2D eigenvalue weighted by Crippen LogP contribution is -2.76. The highest BCUT2D eigenvalue weighted by Crippen LogP contribution is 2.70. The summed E-state index contributed by atoms with van der Waals surface area (Å²) in [6.45, 7) is 3.50. The van der Waals surface area contributed by atoms with Crippen LogP contribution in [-0.2, 0) is 46.0 Å². The van der Waals surface area contributed by atoms with Crippen LogP contribution in [0.4, 0.5) is 0 Å². The molecule has 2 N–H and O–H groups in total. The fraction of sp³-hybridized carbons (Fsp3) is 0.513. The summed E-state index contributed by atoms with van der Waals surface area (Å²) in [6.07, 6.45) is 8.30. The van der Waals surface area contributed by atoms with Crippen molar-refractivity contribution in [1.82, 2.24) is 4.90 Å². The molecule has 51 heavy (non-hydrogen) atoms. The van der Waals surface area contributed by atoms with Gasteiger partial charge in [-0.2, -0.15) is 4.89 Å². The smallest absolute Gasteiger partial charge is 0.352 e. The Morgan fingerprint density at radius 2 is 1.69 bits per heavy atom. The standard InChI is InChI=1S/C39H42ClNO10/c1-20-31(33(36(44)45)41-29(42)18-37(2,46)35(20)41)24-7-5-21(6-8-24)19-49-34-25(10-12-30(43)47-3)9-11-28(32(34)40)39(48-4)38(50-51-39)26-14-22-13-23(16-26)17-27(38)15-22/h5-12,20,22-23,26-27,35,46H,13-19H2,1-4H3,(H,44,45)/b12-10+/t20-,22?,23?,26?,27?,35+,37-,38?,39?/m0/s1. The lowest BCUT2D eigenvalue weighted by Gasteiger charge is -2.68. The topological polar surface area (TPSA) is 141 Å². The first-order chi connectivity index (χ1) is 24.3. The van der Waals surface area contributed by atoms with Gasteiger partial charge in [0.15, 0.2) is 5.60 Å². The van der Waals surface area contributed by atoms with Crippen LogP contribution in [0.2, 0.25) is 5.02 Å². The van der Waals surface area contributed by atoms with Crippen molar-refractivity contribution in [3.8, 4) is 5.75 Å². The van der Waals surface area contributed by atoms with Crippen LogP contribution in [0.3, 0.4) is 0 Å². The minimum atomic E-state index is -1.35. The summed E-state index contributed by atoms with van der Waals surface area (Å²) < 4.78 is 17.5. The number of fused-ring (bicyclic) bond motifs is 1. The Kier molecular flexibility index (Phi) is 8.19. The molecule has 2 aromatic rings. The summed E-state index contributed by atoms with van der Waals surface area (Å²) >= 11 is 7.25. The molecule has 9 rings (SSSR count). The van der Waals surface area contributed by atoms with Crippen LogP contribution in [0.25, 0.3) is 11.6 Å². The third-order valence-electron chi connectivity index (χ3n) is 12.5. The van der Waals surface area contributed by atoms with Gasteiger partial charge in [0.05, 0.1) is 30.2 Å². The van der Waals surface area contributed by atoms with Gasteiger partial charge in [0.1, 0.15) is 18.1 Å². The Hall–Kier alpha value is -3.74. The van der Waals surface area contributed by atoms with Crippen LogP contribution < -0.4 is 4.74 Å². The molecule has 2 saturated heterocycles. The van der Waals surface area contributed by atoms with E-state index in [-0.39, 0.29) is 35.6 Å². The number of hydrogen-bond acceptors (Lipinski definition) is 9. The highest BCUT2D eigenvalue weighted by atomic mass is 35.5. The maximum Gasteiger partial charge on any atom is 0.352 e. The summed E-state index contributed by atoms with van der Waals surface area (Å²) in [5.74, 6) is -1.53. The number of carboxylic acid groups (broad SMARTS) is 1. The molecule has 3 aliphatic heterocycles. The molecule has 0 radical (unpaired) electrons. The number of nitrogens with zero attached hydrogens (tertiary/aromatic N) is 1. The predicted molar refractivity (Wildman–Crippen MR) is 184 cm³/mol. The number of halogens is 1. The van der Waals surface area contributed by atoms with Crippen LogP contribution in [-0.4, -0.2) is 64.4 Å². The van der Waals surface area contributed by atoms with Crippen LogP contribution in [0, 0.1) is 29.6 Å². The first-order valence-electron chi connectivity index (χ1n) is 17.6. The molecule has 1 unspecified atom stereocenters. The van der Waals surface area contributed by atoms with Gasteiger partial charge in [0.2, 0.25) is 5.91 Å². The van der Waals surface area contributed by atoms with E-state index in [0.29, 0.717) is 39.8 Å². The number of aliphatic carboxylic acids is 1. The number of ether oxygens (including phenoxy) is 3. The van der Waals surface area contributed by atoms with E-state index in [9.17, 15) is 24.6 Å². The second kappa shape index (κ2) is 12.2. The Balaban J connectivity index is 1.11.